The third kappa shape index (κ3) is 5.45. The Labute approximate surface area is 178 Å². The van der Waals surface area contributed by atoms with Crippen molar-refractivity contribution in [1.82, 2.24) is 9.97 Å². The van der Waals surface area contributed by atoms with Gasteiger partial charge < -0.3 is 20.5 Å². The number of nitrogens with one attached hydrogen (secondary N) is 1. The number of carbonyl (C=O) groups excluding carboxylic acids is 2. The van der Waals surface area contributed by atoms with Crippen LogP contribution in [0.2, 0.25) is 5.02 Å². The minimum Gasteiger partial charge on any atom is -0.487 e. The highest BCUT2D eigenvalue weighted by Crippen LogP contribution is 2.23. The second kappa shape index (κ2) is 9.71. The Morgan fingerprint density at radius 1 is 1.07 bits per heavy atom. The molecule has 0 unspecified atom stereocenters. The third-order valence-electron chi connectivity index (χ3n) is 3.99. The Morgan fingerprint density at radius 2 is 1.90 bits per heavy atom. The summed E-state index contributed by atoms with van der Waals surface area (Å²) in [5, 5.41) is 3.26. The van der Waals surface area contributed by atoms with E-state index in [0.717, 1.165) is 0 Å². The minimum atomic E-state index is -0.598. The molecule has 154 valence electrons. The number of carbonyl (C=O) groups is 2. The van der Waals surface area contributed by atoms with Crippen LogP contribution in [0.15, 0.2) is 55.0 Å². The van der Waals surface area contributed by atoms with Gasteiger partial charge in [-0.15, -0.1) is 0 Å². The molecule has 0 saturated carbocycles. The molecule has 1 aromatic carbocycles. The van der Waals surface area contributed by atoms with Gasteiger partial charge in [-0.05, 0) is 37.3 Å². The molecule has 2 heterocycles. The molecule has 2 amide bonds. The molecule has 0 aliphatic heterocycles. The van der Waals surface area contributed by atoms with Gasteiger partial charge in [0.1, 0.15) is 12.4 Å². The molecule has 0 aliphatic carbocycles. The van der Waals surface area contributed by atoms with Gasteiger partial charge in [-0.2, -0.15) is 0 Å². The number of aromatic nitrogens is 2. The highest BCUT2D eigenvalue weighted by atomic mass is 35.5. The summed E-state index contributed by atoms with van der Waals surface area (Å²) in [4.78, 5) is 31.7. The minimum absolute atomic E-state index is 0.108. The lowest BCUT2D eigenvalue weighted by Crippen LogP contribution is -2.13. The van der Waals surface area contributed by atoms with Crippen LogP contribution in [-0.4, -0.2) is 28.4 Å². The SMILES string of the molecule is CCOc1ccc(C(=O)Nc2ccc(Cl)c(COc3cncc(C(N)=O)c3)c2)cn1. The number of anilines is 1. The van der Waals surface area contributed by atoms with Crippen LogP contribution >= 0.6 is 11.6 Å². The molecule has 0 fully saturated rings. The lowest BCUT2D eigenvalue weighted by molar-refractivity contribution is 0.0996. The standard InChI is InChI=1S/C21H19ClN4O4/c1-2-29-19-6-3-13(10-25-19)21(28)26-16-4-5-18(22)15(7-16)12-30-17-8-14(20(23)27)9-24-11-17/h3-11H,2,12H2,1H3,(H2,23,27)(H,26,28). The Balaban J connectivity index is 1.68. The number of hydrogen-bond donors (Lipinski definition) is 2. The first-order chi connectivity index (χ1) is 14.5. The first-order valence-electron chi connectivity index (χ1n) is 9.02. The molecule has 0 saturated heterocycles. The van der Waals surface area contributed by atoms with Crippen LogP contribution in [0.3, 0.4) is 0 Å². The molecule has 8 nitrogen and oxygen atoms in total. The van der Waals surface area contributed by atoms with E-state index >= 15 is 0 Å². The van der Waals surface area contributed by atoms with Gasteiger partial charge >= 0.3 is 0 Å². The monoisotopic (exact) mass is 426 g/mol. The summed E-state index contributed by atoms with van der Waals surface area (Å²) in [6.45, 7) is 2.46. The van der Waals surface area contributed by atoms with Crippen molar-refractivity contribution in [1.29, 1.82) is 0 Å². The van der Waals surface area contributed by atoms with Crippen LogP contribution in [0.25, 0.3) is 0 Å². The van der Waals surface area contributed by atoms with Crippen molar-refractivity contribution in [2.24, 2.45) is 5.73 Å². The Kier molecular flexibility index (Phi) is 6.82. The third-order valence-corrected chi connectivity index (χ3v) is 4.36. The van der Waals surface area contributed by atoms with Crippen molar-refractivity contribution >= 4 is 29.1 Å². The van der Waals surface area contributed by atoms with Gasteiger partial charge in [0, 0.05) is 34.7 Å². The molecule has 9 heteroatoms. The van der Waals surface area contributed by atoms with Crippen molar-refractivity contribution in [3.05, 3.63) is 76.7 Å². The summed E-state index contributed by atoms with van der Waals surface area (Å²) in [6.07, 6.45) is 4.26. The largest absolute Gasteiger partial charge is 0.487 e. The van der Waals surface area contributed by atoms with Crippen molar-refractivity contribution in [2.75, 3.05) is 11.9 Å². The Morgan fingerprint density at radius 3 is 2.60 bits per heavy atom. The van der Waals surface area contributed by atoms with Crippen LogP contribution in [0.5, 0.6) is 11.6 Å². The van der Waals surface area contributed by atoms with E-state index in [1.165, 1.54) is 24.7 Å². The van der Waals surface area contributed by atoms with Gasteiger partial charge in [0.05, 0.1) is 23.9 Å². The lowest BCUT2D eigenvalue weighted by atomic mass is 10.2. The number of nitrogens with zero attached hydrogens (tertiary/aromatic N) is 2. The maximum absolute atomic E-state index is 12.5. The summed E-state index contributed by atoms with van der Waals surface area (Å²) in [5.41, 5.74) is 7.06. The summed E-state index contributed by atoms with van der Waals surface area (Å²) in [6, 6.07) is 9.80. The van der Waals surface area contributed by atoms with Gasteiger partial charge in [0.2, 0.25) is 11.8 Å². The van der Waals surface area contributed by atoms with Crippen molar-refractivity contribution < 1.29 is 19.1 Å². The average molecular weight is 427 g/mol. The molecule has 3 aromatic rings. The predicted molar refractivity (Wildman–Crippen MR) is 112 cm³/mol. The second-order valence-electron chi connectivity index (χ2n) is 6.14. The first kappa shape index (κ1) is 21.1. The molecule has 0 spiro atoms. The fourth-order valence-corrected chi connectivity index (χ4v) is 2.68. The predicted octanol–water partition coefficient (Wildman–Crippen LogP) is 3.46. The van der Waals surface area contributed by atoms with E-state index in [-0.39, 0.29) is 18.1 Å². The van der Waals surface area contributed by atoms with Crippen LogP contribution < -0.4 is 20.5 Å². The van der Waals surface area contributed by atoms with Gasteiger partial charge in [-0.25, -0.2) is 4.98 Å². The molecule has 3 rings (SSSR count). The molecule has 0 aliphatic rings. The summed E-state index contributed by atoms with van der Waals surface area (Å²) < 4.78 is 10.9. The van der Waals surface area contributed by atoms with Gasteiger partial charge in [0.25, 0.3) is 5.91 Å². The maximum Gasteiger partial charge on any atom is 0.257 e. The number of pyridine rings is 2. The van der Waals surface area contributed by atoms with E-state index in [4.69, 9.17) is 26.8 Å². The molecule has 30 heavy (non-hydrogen) atoms. The number of ether oxygens (including phenoxy) is 2. The number of nitrogens with two attached hydrogens (primary N) is 1. The van der Waals surface area contributed by atoms with Crippen molar-refractivity contribution in [3.8, 4) is 11.6 Å². The number of benzene rings is 1. The zero-order valence-electron chi connectivity index (χ0n) is 16.1. The zero-order valence-corrected chi connectivity index (χ0v) is 16.8. The molecule has 0 atom stereocenters. The van der Waals surface area contributed by atoms with Crippen LogP contribution in [-0.2, 0) is 6.61 Å². The molecule has 3 N–H and O–H groups in total. The lowest BCUT2D eigenvalue weighted by Gasteiger charge is -2.11. The highest BCUT2D eigenvalue weighted by molar-refractivity contribution is 6.31. The molecule has 2 aromatic heterocycles. The first-order valence-corrected chi connectivity index (χ1v) is 9.40. The van der Waals surface area contributed by atoms with Gasteiger partial charge in [-0.1, -0.05) is 11.6 Å². The normalized spacial score (nSPS) is 10.3. The second-order valence-corrected chi connectivity index (χ2v) is 6.55. The van der Waals surface area contributed by atoms with Gasteiger partial charge in [0.15, 0.2) is 0 Å². The average Bonchev–Trinajstić information content (AvgIpc) is 2.75. The Bertz CT molecular complexity index is 1060. The van der Waals surface area contributed by atoms with E-state index in [2.05, 4.69) is 15.3 Å². The van der Waals surface area contributed by atoms with E-state index in [9.17, 15) is 9.59 Å². The highest BCUT2D eigenvalue weighted by Gasteiger charge is 2.10. The summed E-state index contributed by atoms with van der Waals surface area (Å²) in [5.74, 6) is -0.0929. The number of primary amides is 1. The molecular formula is C21H19ClN4O4. The topological polar surface area (TPSA) is 116 Å². The van der Waals surface area contributed by atoms with Crippen LogP contribution in [0, 0.1) is 0 Å². The summed E-state index contributed by atoms with van der Waals surface area (Å²) >= 11 is 6.24. The quantitative estimate of drug-likeness (QED) is 0.569. The fourth-order valence-electron chi connectivity index (χ4n) is 2.51. The Hall–Kier alpha value is -3.65. The fraction of sp³-hybridized carbons (Fsp3) is 0.143. The number of halogens is 1. The molecular weight excluding hydrogens is 408 g/mol. The number of rotatable bonds is 8. The molecule has 0 bridgehead atoms. The van der Waals surface area contributed by atoms with Crippen molar-refractivity contribution in [3.63, 3.8) is 0 Å². The number of amides is 2. The van der Waals surface area contributed by atoms with Crippen LogP contribution in [0.4, 0.5) is 5.69 Å². The van der Waals surface area contributed by atoms with E-state index in [1.54, 1.807) is 30.3 Å². The van der Waals surface area contributed by atoms with Crippen molar-refractivity contribution in [2.45, 2.75) is 13.5 Å². The van der Waals surface area contributed by atoms with E-state index < -0.39 is 5.91 Å². The smallest absolute Gasteiger partial charge is 0.257 e. The zero-order chi connectivity index (χ0) is 21.5. The molecule has 0 radical (unpaired) electrons. The van der Waals surface area contributed by atoms with E-state index in [1.807, 2.05) is 6.92 Å². The van der Waals surface area contributed by atoms with E-state index in [0.29, 0.717) is 40.1 Å². The number of hydrogen-bond acceptors (Lipinski definition) is 6. The summed E-state index contributed by atoms with van der Waals surface area (Å²) in [7, 11) is 0. The van der Waals surface area contributed by atoms with Crippen LogP contribution in [0.1, 0.15) is 33.2 Å². The maximum atomic E-state index is 12.5. The van der Waals surface area contributed by atoms with Gasteiger partial charge in [-0.3, -0.25) is 14.6 Å².